The molecule has 3 atom stereocenters. The van der Waals surface area contributed by atoms with Crippen LogP contribution in [0.15, 0.2) is 17.5 Å². The smallest absolute Gasteiger partial charge is 0.0690 e. The van der Waals surface area contributed by atoms with Crippen LogP contribution < -0.4 is 0 Å². The fourth-order valence-electron chi connectivity index (χ4n) is 2.78. The predicted octanol–water partition coefficient (Wildman–Crippen LogP) is 9.13. The number of aryl methyl sites for hydroxylation is 1. The van der Waals surface area contributed by atoms with Gasteiger partial charge >= 0.3 is 0 Å². The number of hydrogen-bond donors (Lipinski definition) is 4. The Labute approximate surface area is 248 Å². The molecule has 1 rings (SSSR count). The molecule has 236 valence electrons. The van der Waals surface area contributed by atoms with Gasteiger partial charge in [0.25, 0.3) is 0 Å². The monoisotopic (exact) mass is 574 g/mol. The first kappa shape index (κ1) is 43.0. The molecule has 0 fully saturated rings. The topological polar surface area (TPSA) is 80.9 Å². The summed E-state index contributed by atoms with van der Waals surface area (Å²) in [5, 5.41) is 40.7. The van der Waals surface area contributed by atoms with E-state index in [-0.39, 0.29) is 5.41 Å². The van der Waals surface area contributed by atoms with E-state index in [4.69, 9.17) is 5.11 Å². The molecule has 4 N–H and O–H groups in total. The summed E-state index contributed by atoms with van der Waals surface area (Å²) in [4.78, 5) is 1.36. The Kier molecular flexibility index (Phi) is 20.0. The van der Waals surface area contributed by atoms with E-state index < -0.39 is 22.4 Å². The molecule has 1 aromatic rings. The Morgan fingerprint density at radius 3 is 1.21 bits per heavy atom. The zero-order chi connectivity index (χ0) is 32.0. The summed E-state index contributed by atoms with van der Waals surface area (Å²) in [5.74, 6) is 1.37. The predicted molar refractivity (Wildman–Crippen MR) is 175 cm³/mol. The first-order valence-corrected chi connectivity index (χ1v) is 16.0. The van der Waals surface area contributed by atoms with Crippen molar-refractivity contribution >= 4 is 11.3 Å². The lowest BCUT2D eigenvalue weighted by atomic mass is 9.71. The lowest BCUT2D eigenvalue weighted by Crippen LogP contribution is -2.44. The Hall–Kier alpha value is -0.460. The molecule has 5 heteroatoms. The summed E-state index contributed by atoms with van der Waals surface area (Å²) in [5.41, 5.74) is -2.06. The van der Waals surface area contributed by atoms with E-state index in [1.54, 1.807) is 11.3 Å². The lowest BCUT2D eigenvalue weighted by Gasteiger charge is -2.40. The molecule has 0 radical (unpaired) electrons. The van der Waals surface area contributed by atoms with E-state index in [0.717, 1.165) is 25.7 Å². The van der Waals surface area contributed by atoms with Gasteiger partial charge in [-0.1, -0.05) is 95.6 Å². The average Bonchev–Trinajstić information content (AvgIpc) is 3.25. The zero-order valence-corrected chi connectivity index (χ0v) is 29.9. The van der Waals surface area contributed by atoms with Gasteiger partial charge < -0.3 is 20.4 Å². The summed E-state index contributed by atoms with van der Waals surface area (Å²) in [7, 11) is 0. The van der Waals surface area contributed by atoms with Crippen molar-refractivity contribution in [3.8, 4) is 0 Å². The van der Waals surface area contributed by atoms with Crippen molar-refractivity contribution in [2.75, 3.05) is 0 Å². The highest BCUT2D eigenvalue weighted by Gasteiger charge is 2.37. The summed E-state index contributed by atoms with van der Waals surface area (Å²) < 4.78 is 0. The molecule has 0 aromatic carbocycles. The van der Waals surface area contributed by atoms with Gasteiger partial charge in [0.2, 0.25) is 0 Å². The van der Waals surface area contributed by atoms with Crippen LogP contribution in [0.1, 0.15) is 142 Å². The normalized spacial score (nSPS) is 16.7. The number of rotatable bonds is 9. The summed E-state index contributed by atoms with van der Waals surface area (Å²) in [6.45, 7) is 34.0. The number of thiophene rings is 1. The van der Waals surface area contributed by atoms with Crippen LogP contribution in [0, 0.1) is 29.1 Å². The molecule has 1 heterocycles. The van der Waals surface area contributed by atoms with Crippen molar-refractivity contribution < 1.29 is 20.4 Å². The molecule has 0 saturated carbocycles. The van der Waals surface area contributed by atoms with E-state index in [1.807, 2.05) is 62.3 Å². The summed E-state index contributed by atoms with van der Waals surface area (Å²) >= 11 is 1.76. The van der Waals surface area contributed by atoms with Crippen molar-refractivity contribution in [1.82, 2.24) is 0 Å². The van der Waals surface area contributed by atoms with Gasteiger partial charge in [-0.3, -0.25) is 0 Å². The average molecular weight is 575 g/mol. The van der Waals surface area contributed by atoms with Gasteiger partial charge in [0, 0.05) is 4.88 Å². The van der Waals surface area contributed by atoms with Crippen LogP contribution in [0.3, 0.4) is 0 Å². The van der Waals surface area contributed by atoms with Gasteiger partial charge in [0.1, 0.15) is 0 Å². The Balaban J connectivity index is -0.000000455. The lowest BCUT2D eigenvalue weighted by molar-refractivity contribution is -0.0782. The molecule has 4 nitrogen and oxygen atoms in total. The number of aliphatic hydroxyl groups is 4. The minimum absolute atomic E-state index is 0.0266. The van der Waals surface area contributed by atoms with Crippen molar-refractivity contribution in [2.24, 2.45) is 29.1 Å². The largest absolute Gasteiger partial charge is 0.390 e. The third-order valence-corrected chi connectivity index (χ3v) is 9.69. The van der Waals surface area contributed by atoms with Gasteiger partial charge in [-0.2, -0.15) is 0 Å². The molecular weight excluding hydrogens is 504 g/mol. The highest BCUT2D eigenvalue weighted by Crippen LogP contribution is 2.35. The maximum atomic E-state index is 10.00. The fraction of sp³-hybridized carbons (Fsp3) is 0.882. The van der Waals surface area contributed by atoms with Crippen molar-refractivity contribution in [1.29, 1.82) is 0 Å². The molecule has 1 aromatic heterocycles. The first-order valence-electron chi connectivity index (χ1n) is 15.1. The standard InChI is InChI=1S/C11H18OS.C9H20O.C8H18O.C6H14O/c1-9(2)11(3,12)7-6-10-5-4-8-13-10;1-7(2)9(6,10)8(3,4)5;1-5-6-8(4,9)7(2)3;1-5(2)6(3,4)7/h4-5,8-9,12H,6-7H2,1-3H3;7,10H,1-6H3;7,9H,5-6H2,1-4H3;5,7H,1-4H3. The Morgan fingerprint density at radius 2 is 1.03 bits per heavy atom. The highest BCUT2D eigenvalue weighted by molar-refractivity contribution is 7.09. The van der Waals surface area contributed by atoms with Gasteiger partial charge in [-0.15, -0.1) is 11.3 Å². The van der Waals surface area contributed by atoms with E-state index in [2.05, 4.69) is 72.9 Å². The van der Waals surface area contributed by atoms with E-state index in [1.165, 1.54) is 4.88 Å². The summed E-state index contributed by atoms with van der Waals surface area (Å²) in [6, 6.07) is 4.19. The number of hydrogen-bond acceptors (Lipinski definition) is 5. The van der Waals surface area contributed by atoms with Crippen LogP contribution in [-0.2, 0) is 6.42 Å². The van der Waals surface area contributed by atoms with E-state index in [9.17, 15) is 15.3 Å². The minimum atomic E-state index is -0.562. The quantitative estimate of drug-likeness (QED) is 0.237. The van der Waals surface area contributed by atoms with Crippen LogP contribution in [-0.4, -0.2) is 42.8 Å². The molecule has 0 saturated heterocycles. The Bertz CT molecular complexity index is 701. The fourth-order valence-corrected chi connectivity index (χ4v) is 3.49. The second kappa shape index (κ2) is 18.2. The molecule has 0 aliphatic heterocycles. The van der Waals surface area contributed by atoms with Gasteiger partial charge in [0.05, 0.1) is 22.4 Å². The maximum Gasteiger partial charge on any atom is 0.0690 e. The van der Waals surface area contributed by atoms with Crippen molar-refractivity contribution in [3.63, 3.8) is 0 Å². The molecule has 0 aliphatic carbocycles. The first-order chi connectivity index (χ1) is 17.2. The van der Waals surface area contributed by atoms with Crippen LogP contribution in [0.5, 0.6) is 0 Å². The van der Waals surface area contributed by atoms with Gasteiger partial charge in [0.15, 0.2) is 0 Å². The van der Waals surface area contributed by atoms with Crippen LogP contribution in [0.2, 0.25) is 0 Å². The molecule has 39 heavy (non-hydrogen) atoms. The second-order valence-corrected chi connectivity index (χ2v) is 15.7. The summed E-state index contributed by atoms with van der Waals surface area (Å²) in [6.07, 6.45) is 3.81. The SMILES string of the molecule is CC(C)C(C)(C)O.CC(C)C(C)(O)C(C)(C)C.CC(C)C(C)(O)CCc1cccs1.CCCC(C)(O)C(C)C. The Morgan fingerprint density at radius 1 is 0.641 bits per heavy atom. The third kappa shape index (κ3) is 19.3. The van der Waals surface area contributed by atoms with E-state index >= 15 is 0 Å². The second-order valence-electron chi connectivity index (χ2n) is 14.7. The van der Waals surface area contributed by atoms with E-state index in [0.29, 0.717) is 23.7 Å². The molecule has 0 aliphatic rings. The zero-order valence-electron chi connectivity index (χ0n) is 29.1. The van der Waals surface area contributed by atoms with Crippen LogP contribution in [0.4, 0.5) is 0 Å². The third-order valence-electron chi connectivity index (χ3n) is 8.76. The van der Waals surface area contributed by atoms with Gasteiger partial charge in [-0.05, 0) is 94.4 Å². The molecular formula is C34H70O4S. The van der Waals surface area contributed by atoms with Crippen molar-refractivity contribution in [2.45, 2.75) is 166 Å². The van der Waals surface area contributed by atoms with Crippen molar-refractivity contribution in [3.05, 3.63) is 22.4 Å². The molecule has 0 bridgehead atoms. The molecule has 0 spiro atoms. The highest BCUT2D eigenvalue weighted by atomic mass is 32.1. The minimum Gasteiger partial charge on any atom is -0.390 e. The van der Waals surface area contributed by atoms with Crippen LogP contribution in [0.25, 0.3) is 0 Å². The molecule has 3 unspecified atom stereocenters. The van der Waals surface area contributed by atoms with Crippen LogP contribution >= 0.6 is 11.3 Å². The van der Waals surface area contributed by atoms with Gasteiger partial charge in [-0.25, -0.2) is 0 Å². The maximum absolute atomic E-state index is 10.00. The molecule has 0 amide bonds.